The zero-order chi connectivity index (χ0) is 11.7. The molecule has 0 aromatic carbocycles. The number of halogens is 1. The van der Waals surface area contributed by atoms with E-state index in [0.29, 0.717) is 17.6 Å². The van der Waals surface area contributed by atoms with Crippen LogP contribution in [0.3, 0.4) is 0 Å². The van der Waals surface area contributed by atoms with Crippen LogP contribution in [-0.2, 0) is 0 Å². The van der Waals surface area contributed by atoms with Crippen LogP contribution in [0.15, 0.2) is 11.6 Å². The van der Waals surface area contributed by atoms with Crippen molar-refractivity contribution in [1.29, 1.82) is 0 Å². The van der Waals surface area contributed by atoms with Gasteiger partial charge in [-0.05, 0) is 39.4 Å². The second kappa shape index (κ2) is 9.20. The zero-order valence-corrected chi connectivity index (χ0v) is 11.1. The third kappa shape index (κ3) is 8.91. The minimum absolute atomic E-state index is 0.524. The second-order valence-corrected chi connectivity index (χ2v) is 4.50. The van der Waals surface area contributed by atoms with Crippen LogP contribution in [0.2, 0.25) is 0 Å². The van der Waals surface area contributed by atoms with Crippen LogP contribution in [0.4, 0.5) is 0 Å². The fourth-order valence-electron chi connectivity index (χ4n) is 1.55. The fraction of sp³-hybridized carbons (Fsp3) is 0.833. The first-order valence-corrected chi connectivity index (χ1v) is 6.26. The Morgan fingerprint density at radius 3 is 2.47 bits per heavy atom. The van der Waals surface area contributed by atoms with Gasteiger partial charge in [-0.15, -0.1) is 0 Å². The van der Waals surface area contributed by atoms with Gasteiger partial charge >= 0.3 is 0 Å². The van der Waals surface area contributed by atoms with Crippen molar-refractivity contribution in [3.8, 4) is 0 Å². The zero-order valence-electron chi connectivity index (χ0n) is 10.4. The molecule has 0 aliphatic heterocycles. The largest absolute Gasteiger partial charge is 0.309 e. The van der Waals surface area contributed by atoms with E-state index in [9.17, 15) is 0 Å². The van der Waals surface area contributed by atoms with E-state index in [1.807, 2.05) is 0 Å². The average Bonchev–Trinajstić information content (AvgIpc) is 2.21. The van der Waals surface area contributed by atoms with Crippen molar-refractivity contribution >= 4 is 11.6 Å². The fourth-order valence-corrected chi connectivity index (χ4v) is 1.63. The van der Waals surface area contributed by atoms with Crippen molar-refractivity contribution in [1.82, 2.24) is 10.2 Å². The molecular formula is C12H25ClN2. The molecule has 0 saturated heterocycles. The van der Waals surface area contributed by atoms with E-state index >= 15 is 0 Å². The standard InChI is InChI=1S/C12H25ClN2/c1-5-15(6-2)9-7-8-12(4)14-10-11(3)13/h12,14H,3,5-10H2,1-2,4H3. The molecule has 3 heteroatoms. The van der Waals surface area contributed by atoms with Crippen LogP contribution in [0, 0.1) is 0 Å². The lowest BCUT2D eigenvalue weighted by Gasteiger charge is -2.19. The van der Waals surface area contributed by atoms with Gasteiger partial charge < -0.3 is 10.2 Å². The predicted molar refractivity (Wildman–Crippen MR) is 69.5 cm³/mol. The first-order chi connectivity index (χ1) is 7.10. The van der Waals surface area contributed by atoms with Crippen LogP contribution in [0.1, 0.15) is 33.6 Å². The highest BCUT2D eigenvalue weighted by Crippen LogP contribution is 2.01. The molecule has 2 nitrogen and oxygen atoms in total. The van der Waals surface area contributed by atoms with Gasteiger partial charge in [0, 0.05) is 17.6 Å². The summed E-state index contributed by atoms with van der Waals surface area (Å²) in [5.41, 5.74) is 0. The van der Waals surface area contributed by atoms with Gasteiger partial charge in [0.15, 0.2) is 0 Å². The van der Waals surface area contributed by atoms with Crippen molar-refractivity contribution < 1.29 is 0 Å². The Labute approximate surface area is 99.7 Å². The van der Waals surface area contributed by atoms with E-state index in [1.54, 1.807) is 0 Å². The molecule has 0 bridgehead atoms. The Kier molecular flexibility index (Phi) is 9.17. The highest BCUT2D eigenvalue weighted by atomic mass is 35.5. The van der Waals surface area contributed by atoms with E-state index in [4.69, 9.17) is 11.6 Å². The normalized spacial score (nSPS) is 13.1. The Morgan fingerprint density at radius 2 is 2.00 bits per heavy atom. The van der Waals surface area contributed by atoms with Crippen LogP contribution in [-0.4, -0.2) is 37.1 Å². The van der Waals surface area contributed by atoms with E-state index in [1.165, 1.54) is 19.4 Å². The lowest BCUT2D eigenvalue weighted by Crippen LogP contribution is -2.29. The van der Waals surface area contributed by atoms with Gasteiger partial charge in [-0.3, -0.25) is 0 Å². The smallest absolute Gasteiger partial charge is 0.0309 e. The summed E-state index contributed by atoms with van der Waals surface area (Å²) in [7, 11) is 0. The van der Waals surface area contributed by atoms with Gasteiger partial charge in [0.05, 0.1) is 0 Å². The molecule has 0 heterocycles. The molecule has 0 amide bonds. The molecule has 1 unspecified atom stereocenters. The summed E-state index contributed by atoms with van der Waals surface area (Å²) in [4.78, 5) is 2.45. The summed E-state index contributed by atoms with van der Waals surface area (Å²) in [5.74, 6) is 0. The van der Waals surface area contributed by atoms with Gasteiger partial charge in [-0.25, -0.2) is 0 Å². The summed E-state index contributed by atoms with van der Waals surface area (Å²) in [6.45, 7) is 14.5. The van der Waals surface area contributed by atoms with Crippen LogP contribution in [0.25, 0.3) is 0 Å². The lowest BCUT2D eigenvalue weighted by molar-refractivity contribution is 0.291. The molecule has 1 N–H and O–H groups in total. The van der Waals surface area contributed by atoms with E-state index < -0.39 is 0 Å². The van der Waals surface area contributed by atoms with Crippen LogP contribution < -0.4 is 5.32 Å². The van der Waals surface area contributed by atoms with Crippen molar-refractivity contribution in [2.24, 2.45) is 0 Å². The predicted octanol–water partition coefficient (Wildman–Crippen LogP) is 2.84. The maximum atomic E-state index is 5.69. The number of hydrogen-bond acceptors (Lipinski definition) is 2. The molecule has 0 rings (SSSR count). The van der Waals surface area contributed by atoms with Gasteiger partial charge in [-0.2, -0.15) is 0 Å². The van der Waals surface area contributed by atoms with Gasteiger partial charge in [0.1, 0.15) is 0 Å². The summed E-state index contributed by atoms with van der Waals surface area (Å²) < 4.78 is 0. The Balaban J connectivity index is 3.45. The quantitative estimate of drug-likeness (QED) is 0.658. The van der Waals surface area contributed by atoms with Crippen molar-refractivity contribution in [2.75, 3.05) is 26.2 Å². The monoisotopic (exact) mass is 232 g/mol. The average molecular weight is 233 g/mol. The molecule has 1 atom stereocenters. The van der Waals surface area contributed by atoms with Crippen LogP contribution in [0.5, 0.6) is 0 Å². The molecule has 0 radical (unpaired) electrons. The Morgan fingerprint density at radius 1 is 1.40 bits per heavy atom. The first-order valence-electron chi connectivity index (χ1n) is 5.89. The van der Waals surface area contributed by atoms with Crippen molar-refractivity contribution in [3.63, 3.8) is 0 Å². The SMILES string of the molecule is C=C(Cl)CNC(C)CCCN(CC)CC. The molecule has 15 heavy (non-hydrogen) atoms. The molecule has 0 aliphatic rings. The molecule has 0 saturated carbocycles. The van der Waals surface area contributed by atoms with Gasteiger partial charge in [0.25, 0.3) is 0 Å². The molecule has 0 aliphatic carbocycles. The maximum Gasteiger partial charge on any atom is 0.0309 e. The van der Waals surface area contributed by atoms with Crippen molar-refractivity contribution in [2.45, 2.75) is 39.7 Å². The van der Waals surface area contributed by atoms with Crippen LogP contribution >= 0.6 is 11.6 Å². The highest BCUT2D eigenvalue weighted by molar-refractivity contribution is 6.29. The maximum absolute atomic E-state index is 5.69. The second-order valence-electron chi connectivity index (χ2n) is 3.97. The molecular weight excluding hydrogens is 208 g/mol. The highest BCUT2D eigenvalue weighted by Gasteiger charge is 2.03. The molecule has 0 fully saturated rings. The van der Waals surface area contributed by atoms with Gasteiger partial charge in [0.2, 0.25) is 0 Å². The summed E-state index contributed by atoms with van der Waals surface area (Å²) in [5, 5.41) is 4.03. The number of nitrogens with one attached hydrogen (secondary N) is 1. The lowest BCUT2D eigenvalue weighted by atomic mass is 10.1. The first kappa shape index (κ1) is 14.9. The van der Waals surface area contributed by atoms with Crippen molar-refractivity contribution in [3.05, 3.63) is 11.6 Å². The van der Waals surface area contributed by atoms with Gasteiger partial charge in [-0.1, -0.05) is 32.0 Å². The topological polar surface area (TPSA) is 15.3 Å². The van der Waals surface area contributed by atoms with E-state index in [-0.39, 0.29) is 0 Å². The number of hydrogen-bond donors (Lipinski definition) is 1. The van der Waals surface area contributed by atoms with E-state index in [0.717, 1.165) is 13.1 Å². The molecule has 0 aromatic rings. The molecule has 90 valence electrons. The molecule has 0 aromatic heterocycles. The minimum atomic E-state index is 0.524. The summed E-state index contributed by atoms with van der Waals surface area (Å²) in [6, 6.07) is 0.524. The Bertz CT molecular complexity index is 167. The third-order valence-corrected chi connectivity index (χ3v) is 2.78. The Hall–Kier alpha value is -0.0500. The number of nitrogens with zero attached hydrogens (tertiary/aromatic N) is 1. The summed E-state index contributed by atoms with van der Waals surface area (Å²) in [6.07, 6.45) is 2.44. The number of rotatable bonds is 9. The minimum Gasteiger partial charge on any atom is -0.309 e. The third-order valence-electron chi connectivity index (χ3n) is 2.65. The molecule has 0 spiro atoms. The summed E-state index contributed by atoms with van der Waals surface area (Å²) >= 11 is 5.69. The van der Waals surface area contributed by atoms with E-state index in [2.05, 4.69) is 37.6 Å².